The van der Waals surface area contributed by atoms with Gasteiger partial charge in [-0.3, -0.25) is 4.79 Å². The third-order valence-corrected chi connectivity index (χ3v) is 5.09. The molecule has 0 aliphatic rings. The minimum absolute atomic E-state index is 0.240. The van der Waals surface area contributed by atoms with Gasteiger partial charge in [0.15, 0.2) is 11.5 Å². The summed E-state index contributed by atoms with van der Waals surface area (Å²) in [6.45, 7) is 2.12. The van der Waals surface area contributed by atoms with E-state index in [0.717, 1.165) is 23.1 Å². The van der Waals surface area contributed by atoms with Crippen LogP contribution in [0.5, 0.6) is 11.5 Å². The molecule has 0 saturated heterocycles. The molecule has 1 amide bonds. The Morgan fingerprint density at radius 2 is 1.61 bits per heavy atom. The first-order valence-electron chi connectivity index (χ1n) is 10.1. The molecule has 1 heterocycles. The fourth-order valence-corrected chi connectivity index (χ4v) is 3.34. The van der Waals surface area contributed by atoms with Crippen molar-refractivity contribution >= 4 is 22.7 Å². The smallest absolute Gasteiger partial charge is 0.255 e. The Labute approximate surface area is 180 Å². The molecule has 4 rings (SSSR count). The quantitative estimate of drug-likeness (QED) is 0.445. The maximum Gasteiger partial charge on any atom is 0.255 e. The molecule has 1 N–H and O–H groups in total. The van der Waals surface area contributed by atoms with Crippen LogP contribution in [0.25, 0.3) is 11.1 Å². The maximum atomic E-state index is 12.6. The Morgan fingerprint density at radius 3 is 2.26 bits per heavy atom. The highest BCUT2D eigenvalue weighted by Gasteiger charge is 2.11. The summed E-state index contributed by atoms with van der Waals surface area (Å²) in [7, 11) is 3.10. The Morgan fingerprint density at radius 1 is 0.935 bits per heavy atom. The van der Waals surface area contributed by atoms with E-state index in [9.17, 15) is 4.79 Å². The van der Waals surface area contributed by atoms with Gasteiger partial charge in [0.05, 0.1) is 14.2 Å². The van der Waals surface area contributed by atoms with Gasteiger partial charge in [-0.1, -0.05) is 25.1 Å². The third-order valence-electron chi connectivity index (χ3n) is 5.09. The summed E-state index contributed by atoms with van der Waals surface area (Å²) in [6.07, 6.45) is 1.55. The van der Waals surface area contributed by atoms with Crippen LogP contribution in [0, 0.1) is 0 Å². The summed E-state index contributed by atoms with van der Waals surface area (Å²) in [4.78, 5) is 17.2. The van der Waals surface area contributed by atoms with Crippen molar-refractivity contribution in [1.29, 1.82) is 0 Å². The molecule has 0 spiro atoms. The van der Waals surface area contributed by atoms with Crippen LogP contribution in [0.2, 0.25) is 0 Å². The van der Waals surface area contributed by atoms with E-state index in [2.05, 4.69) is 29.4 Å². The minimum Gasteiger partial charge on any atom is -0.497 e. The molecular weight excluding hydrogens is 392 g/mol. The summed E-state index contributed by atoms with van der Waals surface area (Å²) in [6, 6.07) is 18.8. The number of anilines is 1. The van der Waals surface area contributed by atoms with Crippen LogP contribution in [0.15, 0.2) is 65.1 Å². The van der Waals surface area contributed by atoms with Gasteiger partial charge in [0.25, 0.3) is 5.91 Å². The predicted octanol–water partition coefficient (Wildman–Crippen LogP) is 5.25. The zero-order valence-electron chi connectivity index (χ0n) is 17.8. The molecule has 0 radical (unpaired) electrons. The predicted molar refractivity (Wildman–Crippen MR) is 120 cm³/mol. The number of aryl methyl sites for hydroxylation is 1. The van der Waals surface area contributed by atoms with E-state index in [4.69, 9.17) is 13.9 Å². The number of rotatable bonds is 7. The monoisotopic (exact) mass is 416 g/mol. The van der Waals surface area contributed by atoms with Gasteiger partial charge < -0.3 is 19.2 Å². The van der Waals surface area contributed by atoms with E-state index in [-0.39, 0.29) is 5.91 Å². The first-order valence-corrected chi connectivity index (χ1v) is 10.1. The number of benzene rings is 3. The molecule has 0 aliphatic heterocycles. The molecule has 6 nitrogen and oxygen atoms in total. The van der Waals surface area contributed by atoms with Crippen LogP contribution in [0.4, 0.5) is 5.69 Å². The highest BCUT2D eigenvalue weighted by molar-refractivity contribution is 6.04. The average molecular weight is 416 g/mol. The fraction of sp³-hybridized carbons (Fsp3) is 0.200. The van der Waals surface area contributed by atoms with Crippen molar-refractivity contribution in [2.75, 3.05) is 19.5 Å². The number of hydrogen-bond acceptors (Lipinski definition) is 5. The first-order chi connectivity index (χ1) is 15.1. The minimum atomic E-state index is -0.240. The second kappa shape index (κ2) is 8.92. The number of aromatic nitrogens is 1. The average Bonchev–Trinajstić information content (AvgIpc) is 3.21. The molecular formula is C25H24N2O4. The van der Waals surface area contributed by atoms with E-state index in [1.165, 1.54) is 5.56 Å². The van der Waals surface area contributed by atoms with Gasteiger partial charge in [-0.15, -0.1) is 0 Å². The van der Waals surface area contributed by atoms with Gasteiger partial charge in [0.1, 0.15) is 17.0 Å². The second-order valence-electron chi connectivity index (χ2n) is 7.19. The molecule has 0 saturated carbocycles. The lowest BCUT2D eigenvalue weighted by molar-refractivity contribution is 0.102. The van der Waals surface area contributed by atoms with Crippen LogP contribution < -0.4 is 14.8 Å². The normalized spacial score (nSPS) is 10.8. The van der Waals surface area contributed by atoms with Crippen LogP contribution in [-0.2, 0) is 12.8 Å². The number of carbonyl (C=O) groups excluding carboxylic acids is 1. The van der Waals surface area contributed by atoms with Crippen molar-refractivity contribution in [3.8, 4) is 11.5 Å². The SMILES string of the molecule is CCc1ccc2oc(Cc3ccc(NC(=O)c4cc(OC)cc(OC)c4)cc3)nc2c1. The number of nitrogens with zero attached hydrogens (tertiary/aromatic N) is 1. The van der Waals surface area contributed by atoms with Crippen LogP contribution >= 0.6 is 0 Å². The van der Waals surface area contributed by atoms with E-state index in [0.29, 0.717) is 35.1 Å². The van der Waals surface area contributed by atoms with Crippen molar-refractivity contribution in [3.05, 3.63) is 83.2 Å². The molecule has 6 heteroatoms. The highest BCUT2D eigenvalue weighted by Crippen LogP contribution is 2.24. The molecule has 1 aromatic heterocycles. The topological polar surface area (TPSA) is 73.6 Å². The Balaban J connectivity index is 1.45. The fourth-order valence-electron chi connectivity index (χ4n) is 3.34. The first kappa shape index (κ1) is 20.5. The molecule has 0 bridgehead atoms. The molecule has 31 heavy (non-hydrogen) atoms. The van der Waals surface area contributed by atoms with Crippen molar-refractivity contribution in [3.63, 3.8) is 0 Å². The van der Waals surface area contributed by atoms with E-state index >= 15 is 0 Å². The molecule has 0 aliphatic carbocycles. The Hall–Kier alpha value is -3.80. The number of hydrogen-bond donors (Lipinski definition) is 1. The van der Waals surface area contributed by atoms with E-state index in [1.807, 2.05) is 30.3 Å². The van der Waals surface area contributed by atoms with Gasteiger partial charge in [-0.25, -0.2) is 4.98 Å². The van der Waals surface area contributed by atoms with Crippen molar-refractivity contribution < 1.29 is 18.7 Å². The van der Waals surface area contributed by atoms with Crippen LogP contribution in [0.1, 0.15) is 34.3 Å². The molecule has 0 unspecified atom stereocenters. The number of ether oxygens (including phenoxy) is 2. The van der Waals surface area contributed by atoms with Crippen molar-refractivity contribution in [1.82, 2.24) is 4.98 Å². The summed E-state index contributed by atoms with van der Waals surface area (Å²) >= 11 is 0. The van der Waals surface area contributed by atoms with Gasteiger partial charge in [-0.05, 0) is 53.9 Å². The Kier molecular flexibility index (Phi) is 5.89. The number of nitrogens with one attached hydrogen (secondary N) is 1. The van der Waals surface area contributed by atoms with E-state index < -0.39 is 0 Å². The lowest BCUT2D eigenvalue weighted by Crippen LogP contribution is -2.12. The number of fused-ring (bicyclic) bond motifs is 1. The van der Waals surface area contributed by atoms with E-state index in [1.54, 1.807) is 32.4 Å². The van der Waals surface area contributed by atoms with Crippen LogP contribution in [0.3, 0.4) is 0 Å². The molecule has 158 valence electrons. The molecule has 4 aromatic rings. The van der Waals surface area contributed by atoms with Crippen molar-refractivity contribution in [2.45, 2.75) is 19.8 Å². The molecule has 0 atom stereocenters. The zero-order valence-corrected chi connectivity index (χ0v) is 17.8. The lowest BCUT2D eigenvalue weighted by Gasteiger charge is -2.09. The third kappa shape index (κ3) is 4.69. The largest absolute Gasteiger partial charge is 0.497 e. The van der Waals surface area contributed by atoms with Gasteiger partial charge in [0.2, 0.25) is 0 Å². The van der Waals surface area contributed by atoms with Crippen molar-refractivity contribution in [2.24, 2.45) is 0 Å². The summed E-state index contributed by atoms with van der Waals surface area (Å²) < 4.78 is 16.3. The summed E-state index contributed by atoms with van der Waals surface area (Å²) in [5.74, 6) is 1.55. The molecule has 3 aromatic carbocycles. The van der Waals surface area contributed by atoms with Gasteiger partial charge in [0, 0.05) is 23.7 Å². The van der Waals surface area contributed by atoms with Gasteiger partial charge >= 0.3 is 0 Å². The summed E-state index contributed by atoms with van der Waals surface area (Å²) in [5.41, 5.74) is 5.11. The standard InChI is InChI=1S/C25H24N2O4/c1-4-16-7-10-23-22(11-16)27-24(31-23)12-17-5-8-19(9-6-17)26-25(28)18-13-20(29-2)15-21(14-18)30-3/h5-11,13-15H,4,12H2,1-3H3,(H,26,28). The number of oxazole rings is 1. The zero-order chi connectivity index (χ0) is 21.8. The van der Waals surface area contributed by atoms with Gasteiger partial charge in [-0.2, -0.15) is 0 Å². The summed E-state index contributed by atoms with van der Waals surface area (Å²) in [5, 5.41) is 2.90. The molecule has 0 fully saturated rings. The number of methoxy groups -OCH3 is 2. The Bertz CT molecular complexity index is 1190. The highest BCUT2D eigenvalue weighted by atomic mass is 16.5. The maximum absolute atomic E-state index is 12.6. The number of carbonyl (C=O) groups is 1. The second-order valence-corrected chi connectivity index (χ2v) is 7.19. The number of amides is 1. The van der Waals surface area contributed by atoms with Crippen LogP contribution in [-0.4, -0.2) is 25.1 Å². The lowest BCUT2D eigenvalue weighted by atomic mass is 10.1.